The topological polar surface area (TPSA) is 35.5 Å². The number of methoxy groups -OCH3 is 1. The maximum absolute atomic E-state index is 11.3. The molecule has 0 spiro atoms. The number of alkyl halides is 1. The highest BCUT2D eigenvalue weighted by Gasteiger charge is 2.15. The standard InChI is InChI=1S/C15H21BrO3/c1-10(2)13(8-16)9-19-14-6-5-12(11(3)17)7-15(14)18-4/h5-7,10,13H,8-9H2,1-4H3. The lowest BCUT2D eigenvalue weighted by molar-refractivity contribution is 0.101. The molecule has 106 valence electrons. The summed E-state index contributed by atoms with van der Waals surface area (Å²) in [5, 5.41) is 0.901. The number of rotatable bonds is 7. The number of hydrogen-bond acceptors (Lipinski definition) is 3. The van der Waals surface area contributed by atoms with E-state index < -0.39 is 0 Å². The van der Waals surface area contributed by atoms with Crippen molar-refractivity contribution in [1.29, 1.82) is 0 Å². The molecule has 4 heteroatoms. The Kier molecular flexibility index (Phi) is 6.35. The van der Waals surface area contributed by atoms with Crippen molar-refractivity contribution in [2.75, 3.05) is 19.0 Å². The number of hydrogen-bond donors (Lipinski definition) is 0. The van der Waals surface area contributed by atoms with E-state index in [1.54, 1.807) is 25.3 Å². The van der Waals surface area contributed by atoms with Crippen molar-refractivity contribution in [1.82, 2.24) is 0 Å². The maximum atomic E-state index is 11.3. The molecule has 1 rings (SSSR count). The van der Waals surface area contributed by atoms with E-state index in [1.165, 1.54) is 6.92 Å². The molecule has 1 aromatic carbocycles. The zero-order valence-electron chi connectivity index (χ0n) is 11.9. The van der Waals surface area contributed by atoms with Crippen LogP contribution in [0.5, 0.6) is 11.5 Å². The van der Waals surface area contributed by atoms with E-state index in [-0.39, 0.29) is 5.78 Å². The second kappa shape index (κ2) is 7.53. The predicted octanol–water partition coefficient (Wildman–Crippen LogP) is 3.94. The van der Waals surface area contributed by atoms with E-state index in [2.05, 4.69) is 29.8 Å². The molecule has 0 heterocycles. The van der Waals surface area contributed by atoms with Gasteiger partial charge in [-0.2, -0.15) is 0 Å². The number of ketones is 1. The van der Waals surface area contributed by atoms with Gasteiger partial charge in [-0.3, -0.25) is 4.79 Å². The molecule has 0 saturated carbocycles. The Morgan fingerprint density at radius 3 is 2.47 bits per heavy atom. The Bertz CT molecular complexity index is 429. The highest BCUT2D eigenvalue weighted by atomic mass is 79.9. The molecule has 3 nitrogen and oxygen atoms in total. The van der Waals surface area contributed by atoms with Crippen LogP contribution in [-0.2, 0) is 0 Å². The highest BCUT2D eigenvalue weighted by molar-refractivity contribution is 9.09. The van der Waals surface area contributed by atoms with Crippen LogP contribution in [0.4, 0.5) is 0 Å². The van der Waals surface area contributed by atoms with E-state index in [4.69, 9.17) is 9.47 Å². The lowest BCUT2D eigenvalue weighted by Crippen LogP contribution is -2.19. The monoisotopic (exact) mass is 328 g/mol. The van der Waals surface area contributed by atoms with E-state index >= 15 is 0 Å². The summed E-state index contributed by atoms with van der Waals surface area (Å²) < 4.78 is 11.1. The van der Waals surface area contributed by atoms with Crippen molar-refractivity contribution in [2.24, 2.45) is 11.8 Å². The van der Waals surface area contributed by atoms with Crippen molar-refractivity contribution in [3.63, 3.8) is 0 Å². The van der Waals surface area contributed by atoms with Gasteiger partial charge in [0.15, 0.2) is 17.3 Å². The fraction of sp³-hybridized carbons (Fsp3) is 0.533. The van der Waals surface area contributed by atoms with Crippen LogP contribution in [0.3, 0.4) is 0 Å². The number of Topliss-reactive ketones (excluding diaryl/α,β-unsaturated/α-hetero) is 1. The van der Waals surface area contributed by atoms with Crippen molar-refractivity contribution >= 4 is 21.7 Å². The largest absolute Gasteiger partial charge is 0.493 e. The number of ether oxygens (including phenoxy) is 2. The van der Waals surface area contributed by atoms with Crippen LogP contribution >= 0.6 is 15.9 Å². The Hall–Kier alpha value is -1.03. The third-order valence-electron chi connectivity index (χ3n) is 3.16. The number of halogens is 1. The number of carbonyl (C=O) groups excluding carboxylic acids is 1. The molecule has 0 N–H and O–H groups in total. The van der Waals surface area contributed by atoms with Gasteiger partial charge in [-0.05, 0) is 31.0 Å². The van der Waals surface area contributed by atoms with Gasteiger partial charge in [-0.1, -0.05) is 29.8 Å². The summed E-state index contributed by atoms with van der Waals surface area (Å²) in [6, 6.07) is 5.27. The van der Waals surface area contributed by atoms with E-state index in [0.717, 1.165) is 5.33 Å². The summed E-state index contributed by atoms with van der Waals surface area (Å²) in [5.74, 6) is 2.29. The smallest absolute Gasteiger partial charge is 0.161 e. The summed E-state index contributed by atoms with van der Waals surface area (Å²) >= 11 is 3.50. The summed E-state index contributed by atoms with van der Waals surface area (Å²) in [4.78, 5) is 11.3. The maximum Gasteiger partial charge on any atom is 0.161 e. The van der Waals surface area contributed by atoms with Crippen LogP contribution in [0.1, 0.15) is 31.1 Å². The molecule has 0 aliphatic heterocycles. The van der Waals surface area contributed by atoms with Crippen molar-refractivity contribution < 1.29 is 14.3 Å². The quantitative estimate of drug-likeness (QED) is 0.561. The second-order valence-corrected chi connectivity index (χ2v) is 5.54. The van der Waals surface area contributed by atoms with E-state index in [1.807, 2.05) is 0 Å². The molecule has 1 aromatic rings. The molecule has 0 amide bonds. The Morgan fingerprint density at radius 2 is 2.00 bits per heavy atom. The normalized spacial score (nSPS) is 12.3. The Morgan fingerprint density at radius 1 is 1.32 bits per heavy atom. The minimum absolute atomic E-state index is 0.0189. The average Bonchev–Trinajstić information content (AvgIpc) is 2.38. The van der Waals surface area contributed by atoms with Crippen LogP contribution in [-0.4, -0.2) is 24.8 Å². The SMILES string of the molecule is COc1cc(C(C)=O)ccc1OCC(CBr)C(C)C. The molecule has 0 aliphatic carbocycles. The first-order valence-electron chi connectivity index (χ1n) is 6.37. The van der Waals surface area contributed by atoms with Gasteiger partial charge in [0, 0.05) is 16.8 Å². The first-order chi connectivity index (χ1) is 8.99. The predicted molar refractivity (Wildman–Crippen MR) is 80.6 cm³/mol. The fourth-order valence-corrected chi connectivity index (χ4v) is 2.55. The molecule has 19 heavy (non-hydrogen) atoms. The van der Waals surface area contributed by atoms with Gasteiger partial charge in [0.05, 0.1) is 13.7 Å². The molecular weight excluding hydrogens is 308 g/mol. The number of carbonyl (C=O) groups is 1. The first-order valence-corrected chi connectivity index (χ1v) is 7.49. The van der Waals surface area contributed by atoms with Crippen molar-refractivity contribution in [3.05, 3.63) is 23.8 Å². The molecule has 0 radical (unpaired) electrons. The number of benzene rings is 1. The lowest BCUT2D eigenvalue weighted by atomic mass is 9.99. The first kappa shape index (κ1) is 16.0. The van der Waals surface area contributed by atoms with E-state index in [0.29, 0.717) is 35.5 Å². The van der Waals surface area contributed by atoms with Gasteiger partial charge in [0.2, 0.25) is 0 Å². The van der Waals surface area contributed by atoms with Gasteiger partial charge in [-0.25, -0.2) is 0 Å². The minimum atomic E-state index is 0.0189. The van der Waals surface area contributed by atoms with Gasteiger partial charge < -0.3 is 9.47 Å². The van der Waals surface area contributed by atoms with Gasteiger partial charge in [0.25, 0.3) is 0 Å². The van der Waals surface area contributed by atoms with E-state index in [9.17, 15) is 4.79 Å². The molecule has 1 atom stereocenters. The molecule has 1 unspecified atom stereocenters. The summed E-state index contributed by atoms with van der Waals surface area (Å²) in [6.07, 6.45) is 0. The third kappa shape index (κ3) is 4.53. The van der Waals surface area contributed by atoms with Crippen molar-refractivity contribution in [2.45, 2.75) is 20.8 Å². The third-order valence-corrected chi connectivity index (χ3v) is 4.00. The Labute approximate surface area is 123 Å². The van der Waals surface area contributed by atoms with Gasteiger partial charge in [-0.15, -0.1) is 0 Å². The second-order valence-electron chi connectivity index (χ2n) is 4.89. The molecular formula is C15H21BrO3. The zero-order valence-corrected chi connectivity index (χ0v) is 13.5. The lowest BCUT2D eigenvalue weighted by Gasteiger charge is -2.19. The van der Waals surface area contributed by atoms with Gasteiger partial charge >= 0.3 is 0 Å². The van der Waals surface area contributed by atoms with Crippen molar-refractivity contribution in [3.8, 4) is 11.5 Å². The summed E-state index contributed by atoms with van der Waals surface area (Å²) in [5.41, 5.74) is 0.630. The Balaban J connectivity index is 2.80. The average molecular weight is 329 g/mol. The van der Waals surface area contributed by atoms with Crippen LogP contribution < -0.4 is 9.47 Å². The zero-order chi connectivity index (χ0) is 14.4. The van der Waals surface area contributed by atoms with Crippen LogP contribution in [0.2, 0.25) is 0 Å². The van der Waals surface area contributed by atoms with Crippen LogP contribution in [0, 0.1) is 11.8 Å². The van der Waals surface area contributed by atoms with Gasteiger partial charge in [0.1, 0.15) is 0 Å². The molecule has 0 aromatic heterocycles. The molecule has 0 bridgehead atoms. The minimum Gasteiger partial charge on any atom is -0.493 e. The molecule has 0 aliphatic rings. The highest BCUT2D eigenvalue weighted by Crippen LogP contribution is 2.29. The molecule has 0 fully saturated rings. The summed E-state index contributed by atoms with van der Waals surface area (Å²) in [7, 11) is 1.58. The van der Waals surface area contributed by atoms with Crippen LogP contribution in [0.25, 0.3) is 0 Å². The fourth-order valence-electron chi connectivity index (χ4n) is 1.62. The van der Waals surface area contributed by atoms with Crippen LogP contribution in [0.15, 0.2) is 18.2 Å². The molecule has 0 saturated heterocycles. The summed E-state index contributed by atoms with van der Waals surface area (Å²) in [6.45, 7) is 6.50.